The molecule has 2 nitrogen and oxygen atoms in total. The van der Waals surface area contributed by atoms with Crippen LogP contribution in [0.1, 0.15) is 85.5 Å². The third-order valence-corrected chi connectivity index (χ3v) is 7.53. The van der Waals surface area contributed by atoms with Gasteiger partial charge in [0, 0.05) is 0 Å². The molecule has 2 N–H and O–H groups in total. The third kappa shape index (κ3) is 3.61. The summed E-state index contributed by atoms with van der Waals surface area (Å²) >= 11 is 0. The second-order valence-corrected chi connectivity index (χ2v) is 8.59. The van der Waals surface area contributed by atoms with Crippen LogP contribution in [-0.2, 0) is 0 Å². The lowest BCUT2D eigenvalue weighted by molar-refractivity contribution is -0.0512. The van der Waals surface area contributed by atoms with Gasteiger partial charge in [0.05, 0.1) is 11.7 Å². The molecule has 2 aliphatic rings. The summed E-state index contributed by atoms with van der Waals surface area (Å²) in [5.74, 6) is 1.49. The summed E-state index contributed by atoms with van der Waals surface area (Å²) in [6.45, 7) is 8.34. The maximum absolute atomic E-state index is 14.5. The molecule has 0 aromatic rings. The fraction of sp³-hybridized carbons (Fsp3) is 1.00. The van der Waals surface area contributed by atoms with Crippen molar-refractivity contribution >= 4 is 0 Å². The number of halogens is 1. The van der Waals surface area contributed by atoms with Gasteiger partial charge in [0.2, 0.25) is 0 Å². The molecular formula is C20H37FO2. The molecule has 0 bridgehead atoms. The van der Waals surface area contributed by atoms with Crippen molar-refractivity contribution in [1.82, 2.24) is 0 Å². The van der Waals surface area contributed by atoms with Gasteiger partial charge in [-0.15, -0.1) is 0 Å². The summed E-state index contributed by atoms with van der Waals surface area (Å²) in [5.41, 5.74) is -0.919. The molecule has 0 spiro atoms. The normalized spacial score (nSPS) is 37.4. The first-order valence-corrected chi connectivity index (χ1v) is 9.83. The van der Waals surface area contributed by atoms with Crippen LogP contribution in [0.3, 0.4) is 0 Å². The Balaban J connectivity index is 1.95. The maximum Gasteiger partial charge on any atom is 0.129 e. The predicted octanol–water partition coefficient (Wildman–Crippen LogP) is 4.87. The van der Waals surface area contributed by atoms with Crippen molar-refractivity contribution < 1.29 is 14.6 Å². The van der Waals surface area contributed by atoms with E-state index in [1.54, 1.807) is 0 Å². The second-order valence-electron chi connectivity index (χ2n) is 8.59. The SMILES string of the molecule is CCC(O)(CC)[C@@H](F)CC[C@@H](C)[C@H]1CC[C@H]2[C@@H](O)CCC[C@]12C. The van der Waals surface area contributed by atoms with Crippen LogP contribution in [0.25, 0.3) is 0 Å². The van der Waals surface area contributed by atoms with E-state index in [4.69, 9.17) is 0 Å². The first-order chi connectivity index (χ1) is 10.8. The predicted molar refractivity (Wildman–Crippen MR) is 93.0 cm³/mol. The molecule has 0 heterocycles. The molecule has 6 atom stereocenters. The Labute approximate surface area is 141 Å². The molecule has 2 saturated carbocycles. The zero-order valence-electron chi connectivity index (χ0n) is 15.5. The van der Waals surface area contributed by atoms with Crippen LogP contribution in [0.15, 0.2) is 0 Å². The lowest BCUT2D eigenvalue weighted by Gasteiger charge is -2.45. The molecule has 0 amide bonds. The molecule has 2 rings (SSSR count). The van der Waals surface area contributed by atoms with Gasteiger partial charge in [-0.2, -0.15) is 0 Å². The standard InChI is InChI=1S/C20H37FO2/c1-5-20(23,6-2)18(21)12-9-14(3)15-10-11-16-17(22)8-7-13-19(15,16)4/h14-18,22-23H,5-13H2,1-4H3/t14-,15-,16+,17+,18+,19-/m1/s1. The molecule has 0 aromatic heterocycles. The van der Waals surface area contributed by atoms with E-state index in [9.17, 15) is 14.6 Å². The van der Waals surface area contributed by atoms with Gasteiger partial charge in [0.25, 0.3) is 0 Å². The average Bonchev–Trinajstić information content (AvgIpc) is 2.90. The molecule has 2 fully saturated rings. The first-order valence-electron chi connectivity index (χ1n) is 9.83. The molecule has 23 heavy (non-hydrogen) atoms. The fourth-order valence-electron chi connectivity index (χ4n) is 5.70. The lowest BCUT2D eigenvalue weighted by Crippen LogP contribution is -2.42. The highest BCUT2D eigenvalue weighted by Crippen LogP contribution is 2.58. The summed E-state index contributed by atoms with van der Waals surface area (Å²) in [6.07, 6.45) is 6.57. The van der Waals surface area contributed by atoms with Gasteiger partial charge in [-0.3, -0.25) is 0 Å². The van der Waals surface area contributed by atoms with Crippen LogP contribution >= 0.6 is 0 Å². The molecule has 3 heteroatoms. The number of aliphatic hydroxyl groups is 2. The minimum absolute atomic E-state index is 0.134. The first kappa shape index (κ1) is 19.2. The van der Waals surface area contributed by atoms with Crippen LogP contribution in [0.4, 0.5) is 4.39 Å². The van der Waals surface area contributed by atoms with Crippen molar-refractivity contribution in [3.05, 3.63) is 0 Å². The number of alkyl halides is 1. The molecule has 0 aliphatic heterocycles. The number of aliphatic hydroxyl groups excluding tert-OH is 1. The van der Waals surface area contributed by atoms with Gasteiger partial charge >= 0.3 is 0 Å². The Hall–Kier alpha value is -0.150. The quantitative estimate of drug-likeness (QED) is 0.700. The van der Waals surface area contributed by atoms with E-state index >= 15 is 0 Å². The van der Waals surface area contributed by atoms with Crippen molar-refractivity contribution in [2.45, 2.75) is 103 Å². The summed E-state index contributed by atoms with van der Waals surface area (Å²) in [5, 5.41) is 20.7. The minimum Gasteiger partial charge on any atom is -0.393 e. The van der Waals surface area contributed by atoms with E-state index in [0.717, 1.165) is 25.7 Å². The molecule has 2 aliphatic carbocycles. The van der Waals surface area contributed by atoms with Crippen LogP contribution in [0.5, 0.6) is 0 Å². The molecule has 0 saturated heterocycles. The van der Waals surface area contributed by atoms with Crippen molar-refractivity contribution in [1.29, 1.82) is 0 Å². The maximum atomic E-state index is 14.5. The molecule has 136 valence electrons. The van der Waals surface area contributed by atoms with Crippen LogP contribution in [0.2, 0.25) is 0 Å². The number of rotatable bonds is 7. The molecule has 0 aromatic carbocycles. The Morgan fingerprint density at radius 2 is 1.83 bits per heavy atom. The lowest BCUT2D eigenvalue weighted by atomic mass is 9.61. The van der Waals surface area contributed by atoms with Gasteiger partial charge < -0.3 is 10.2 Å². The number of hydrogen-bond donors (Lipinski definition) is 2. The van der Waals surface area contributed by atoms with Crippen molar-refractivity contribution in [2.75, 3.05) is 0 Å². The number of hydrogen-bond acceptors (Lipinski definition) is 2. The van der Waals surface area contributed by atoms with Crippen molar-refractivity contribution in [3.63, 3.8) is 0 Å². The Kier molecular flexibility index (Phi) is 6.16. The highest BCUT2D eigenvalue weighted by molar-refractivity contribution is 5.01. The van der Waals surface area contributed by atoms with E-state index < -0.39 is 11.8 Å². The summed E-state index contributed by atoms with van der Waals surface area (Å²) < 4.78 is 14.5. The number of fused-ring (bicyclic) bond motifs is 1. The van der Waals surface area contributed by atoms with Gasteiger partial charge in [0.15, 0.2) is 0 Å². The van der Waals surface area contributed by atoms with Gasteiger partial charge in [-0.25, -0.2) is 4.39 Å². The Morgan fingerprint density at radius 1 is 1.17 bits per heavy atom. The van der Waals surface area contributed by atoms with Crippen molar-refractivity contribution in [2.24, 2.45) is 23.2 Å². The highest BCUT2D eigenvalue weighted by atomic mass is 19.1. The molecule has 0 radical (unpaired) electrons. The fourth-order valence-corrected chi connectivity index (χ4v) is 5.70. The van der Waals surface area contributed by atoms with Crippen LogP contribution in [-0.4, -0.2) is 28.1 Å². The van der Waals surface area contributed by atoms with Crippen LogP contribution < -0.4 is 0 Å². The Bertz CT molecular complexity index is 382. The largest absolute Gasteiger partial charge is 0.393 e. The zero-order valence-corrected chi connectivity index (χ0v) is 15.5. The van der Waals surface area contributed by atoms with Gasteiger partial charge in [-0.1, -0.05) is 34.1 Å². The van der Waals surface area contributed by atoms with Gasteiger partial charge in [-0.05, 0) is 74.5 Å². The smallest absolute Gasteiger partial charge is 0.129 e. The van der Waals surface area contributed by atoms with E-state index in [0.29, 0.717) is 37.0 Å². The summed E-state index contributed by atoms with van der Waals surface area (Å²) in [6, 6.07) is 0. The zero-order chi connectivity index (χ0) is 17.3. The highest BCUT2D eigenvalue weighted by Gasteiger charge is 2.52. The topological polar surface area (TPSA) is 40.5 Å². The van der Waals surface area contributed by atoms with Crippen molar-refractivity contribution in [3.8, 4) is 0 Å². The minimum atomic E-state index is -1.15. The van der Waals surface area contributed by atoms with E-state index in [-0.39, 0.29) is 11.5 Å². The van der Waals surface area contributed by atoms with Crippen LogP contribution in [0, 0.1) is 23.2 Å². The van der Waals surface area contributed by atoms with E-state index in [2.05, 4.69) is 13.8 Å². The molecular weight excluding hydrogens is 291 g/mol. The van der Waals surface area contributed by atoms with E-state index in [1.165, 1.54) is 12.8 Å². The monoisotopic (exact) mass is 328 g/mol. The summed E-state index contributed by atoms with van der Waals surface area (Å²) in [7, 11) is 0. The second kappa shape index (κ2) is 7.39. The van der Waals surface area contributed by atoms with Gasteiger partial charge in [0.1, 0.15) is 6.17 Å². The average molecular weight is 329 g/mol. The van der Waals surface area contributed by atoms with E-state index in [1.807, 2.05) is 13.8 Å². The third-order valence-electron chi connectivity index (χ3n) is 7.53. The Morgan fingerprint density at radius 3 is 2.43 bits per heavy atom. The summed E-state index contributed by atoms with van der Waals surface area (Å²) in [4.78, 5) is 0. The molecule has 0 unspecified atom stereocenters.